The van der Waals surface area contributed by atoms with Gasteiger partial charge >= 0.3 is 0 Å². The summed E-state index contributed by atoms with van der Waals surface area (Å²) in [7, 11) is 0. The molecule has 2 heterocycles. The highest BCUT2D eigenvalue weighted by atomic mass is 32.1. The first kappa shape index (κ1) is 21.8. The zero-order valence-corrected chi connectivity index (χ0v) is 19.5. The summed E-state index contributed by atoms with van der Waals surface area (Å²) >= 11 is 1.43. The number of carbonyl (C=O) groups excluding carboxylic acids is 2. The third-order valence-corrected chi connectivity index (χ3v) is 6.17. The Hall–Kier alpha value is -3.38. The summed E-state index contributed by atoms with van der Waals surface area (Å²) in [6, 6.07) is 18.7. The van der Waals surface area contributed by atoms with Crippen LogP contribution in [-0.4, -0.2) is 18.4 Å². The third-order valence-electron chi connectivity index (χ3n) is 5.28. The summed E-state index contributed by atoms with van der Waals surface area (Å²) in [5, 5.41) is 5.08. The first-order chi connectivity index (χ1) is 15.3. The summed E-state index contributed by atoms with van der Waals surface area (Å²) in [6.07, 6.45) is 0. The lowest BCUT2D eigenvalue weighted by atomic mass is 9.87. The van der Waals surface area contributed by atoms with E-state index in [1.165, 1.54) is 16.2 Å². The number of anilines is 2. The van der Waals surface area contributed by atoms with Crippen molar-refractivity contribution in [1.82, 2.24) is 0 Å². The molecule has 2 amide bonds. The number of amides is 2. The van der Waals surface area contributed by atoms with Crippen LogP contribution in [0.4, 0.5) is 11.4 Å². The number of imide groups is 1. The Labute approximate surface area is 192 Å². The van der Waals surface area contributed by atoms with E-state index in [1.54, 1.807) is 0 Å². The molecule has 1 aromatic heterocycles. The molecule has 0 radical (unpaired) electrons. The normalized spacial score (nSPS) is 14.3. The van der Waals surface area contributed by atoms with Crippen LogP contribution in [0.1, 0.15) is 38.1 Å². The van der Waals surface area contributed by atoms with E-state index in [0.717, 1.165) is 16.2 Å². The molecule has 0 spiro atoms. The quantitative estimate of drug-likeness (QED) is 0.483. The number of carbonyl (C=O) groups is 2. The molecular formula is C26H26N2O3S. The molecule has 0 atom stereocenters. The SMILES string of the molecule is CCOc1ccc(NC2=C(c3cccs3)C(=O)N(c3ccc(C(C)(C)C)cc3)C2=O)cc1. The lowest BCUT2D eigenvalue weighted by molar-refractivity contribution is -0.120. The first-order valence-electron chi connectivity index (χ1n) is 10.6. The van der Waals surface area contributed by atoms with Crippen molar-refractivity contribution < 1.29 is 14.3 Å². The molecule has 1 N–H and O–H groups in total. The van der Waals surface area contributed by atoms with Gasteiger partial charge in [-0.3, -0.25) is 9.59 Å². The summed E-state index contributed by atoms with van der Waals surface area (Å²) in [4.78, 5) is 28.9. The smallest absolute Gasteiger partial charge is 0.282 e. The minimum atomic E-state index is -0.365. The molecule has 3 aromatic rings. The van der Waals surface area contributed by atoms with E-state index in [2.05, 4.69) is 26.1 Å². The standard InChI is InChI=1S/C26H26N2O3S/c1-5-31-20-14-10-18(11-15-20)27-23-22(21-7-6-16-32-21)24(29)28(25(23)30)19-12-8-17(9-13-19)26(2,3)4/h6-16,27H,5H2,1-4H3. The van der Waals surface area contributed by atoms with Gasteiger partial charge in [0, 0.05) is 10.6 Å². The van der Waals surface area contributed by atoms with E-state index >= 15 is 0 Å². The van der Waals surface area contributed by atoms with Gasteiger partial charge in [-0.15, -0.1) is 11.3 Å². The second kappa shape index (κ2) is 8.63. The van der Waals surface area contributed by atoms with Crippen LogP contribution in [0.2, 0.25) is 0 Å². The minimum Gasteiger partial charge on any atom is -0.494 e. The van der Waals surface area contributed by atoms with Crippen molar-refractivity contribution in [2.75, 3.05) is 16.8 Å². The van der Waals surface area contributed by atoms with Crippen LogP contribution in [0.25, 0.3) is 5.57 Å². The van der Waals surface area contributed by atoms with Gasteiger partial charge in [-0.05, 0) is 65.7 Å². The van der Waals surface area contributed by atoms with Crippen LogP contribution in [0.3, 0.4) is 0 Å². The molecule has 32 heavy (non-hydrogen) atoms. The van der Waals surface area contributed by atoms with Crippen molar-refractivity contribution in [2.24, 2.45) is 0 Å². The molecule has 0 unspecified atom stereocenters. The summed E-state index contributed by atoms with van der Waals surface area (Å²) in [5.74, 6) is 0.0603. The van der Waals surface area contributed by atoms with Gasteiger partial charge < -0.3 is 10.1 Å². The molecule has 164 valence electrons. The number of nitrogens with zero attached hydrogens (tertiary/aromatic N) is 1. The van der Waals surface area contributed by atoms with E-state index in [4.69, 9.17) is 4.74 Å². The van der Waals surface area contributed by atoms with Gasteiger partial charge in [-0.2, -0.15) is 0 Å². The molecule has 0 bridgehead atoms. The van der Waals surface area contributed by atoms with Gasteiger partial charge in [0.15, 0.2) is 0 Å². The zero-order valence-electron chi connectivity index (χ0n) is 18.6. The van der Waals surface area contributed by atoms with E-state index in [0.29, 0.717) is 23.6 Å². The molecule has 0 saturated carbocycles. The zero-order chi connectivity index (χ0) is 22.9. The van der Waals surface area contributed by atoms with E-state index < -0.39 is 0 Å². The predicted molar refractivity (Wildman–Crippen MR) is 130 cm³/mol. The Morgan fingerprint density at radius 3 is 2.19 bits per heavy atom. The van der Waals surface area contributed by atoms with Crippen molar-refractivity contribution >= 4 is 40.1 Å². The molecule has 2 aromatic carbocycles. The fraction of sp³-hybridized carbons (Fsp3) is 0.231. The van der Waals surface area contributed by atoms with Gasteiger partial charge in [0.1, 0.15) is 11.4 Å². The largest absolute Gasteiger partial charge is 0.494 e. The summed E-state index contributed by atoms with van der Waals surface area (Å²) in [5.41, 5.74) is 3.06. The van der Waals surface area contributed by atoms with E-state index in [1.807, 2.05) is 73.0 Å². The number of benzene rings is 2. The lowest BCUT2D eigenvalue weighted by Crippen LogP contribution is -2.32. The Morgan fingerprint density at radius 2 is 1.62 bits per heavy atom. The number of thiophene rings is 1. The van der Waals surface area contributed by atoms with Gasteiger partial charge in [0.25, 0.3) is 11.8 Å². The maximum atomic E-state index is 13.4. The van der Waals surface area contributed by atoms with Gasteiger partial charge in [-0.25, -0.2) is 4.90 Å². The van der Waals surface area contributed by atoms with Crippen LogP contribution >= 0.6 is 11.3 Å². The highest BCUT2D eigenvalue weighted by molar-refractivity contribution is 7.11. The average molecular weight is 447 g/mol. The number of ether oxygens (including phenoxy) is 1. The third kappa shape index (κ3) is 4.18. The van der Waals surface area contributed by atoms with Crippen LogP contribution in [-0.2, 0) is 15.0 Å². The number of hydrogen-bond donors (Lipinski definition) is 1. The molecule has 0 saturated heterocycles. The maximum Gasteiger partial charge on any atom is 0.282 e. The molecule has 0 fully saturated rings. The van der Waals surface area contributed by atoms with Crippen molar-refractivity contribution in [3.05, 3.63) is 82.2 Å². The monoisotopic (exact) mass is 446 g/mol. The van der Waals surface area contributed by atoms with Crippen LogP contribution in [0.5, 0.6) is 5.75 Å². The maximum absolute atomic E-state index is 13.4. The second-order valence-electron chi connectivity index (χ2n) is 8.55. The molecule has 0 aliphatic carbocycles. The Morgan fingerprint density at radius 1 is 0.938 bits per heavy atom. The Balaban J connectivity index is 1.69. The summed E-state index contributed by atoms with van der Waals surface area (Å²) < 4.78 is 5.49. The predicted octanol–water partition coefficient (Wildman–Crippen LogP) is 5.84. The van der Waals surface area contributed by atoms with Crippen molar-refractivity contribution in [3.63, 3.8) is 0 Å². The topological polar surface area (TPSA) is 58.6 Å². The Kier molecular flexibility index (Phi) is 5.89. The van der Waals surface area contributed by atoms with Gasteiger partial charge in [0.05, 0.1) is 17.9 Å². The van der Waals surface area contributed by atoms with E-state index in [-0.39, 0.29) is 22.9 Å². The Bertz CT molecular complexity index is 1160. The van der Waals surface area contributed by atoms with Crippen LogP contribution in [0, 0.1) is 0 Å². The van der Waals surface area contributed by atoms with Gasteiger partial charge in [-0.1, -0.05) is 39.0 Å². The number of rotatable bonds is 6. The van der Waals surface area contributed by atoms with E-state index in [9.17, 15) is 9.59 Å². The molecular weight excluding hydrogens is 420 g/mol. The van der Waals surface area contributed by atoms with Crippen molar-refractivity contribution in [1.29, 1.82) is 0 Å². The summed E-state index contributed by atoms with van der Waals surface area (Å²) in [6.45, 7) is 8.89. The van der Waals surface area contributed by atoms with Crippen molar-refractivity contribution in [2.45, 2.75) is 33.1 Å². The molecule has 1 aliphatic rings. The van der Waals surface area contributed by atoms with Crippen molar-refractivity contribution in [3.8, 4) is 5.75 Å². The van der Waals surface area contributed by atoms with Crippen LogP contribution in [0.15, 0.2) is 71.7 Å². The molecule has 5 nitrogen and oxygen atoms in total. The molecule has 1 aliphatic heterocycles. The second-order valence-corrected chi connectivity index (χ2v) is 9.50. The lowest BCUT2D eigenvalue weighted by Gasteiger charge is -2.21. The molecule has 6 heteroatoms. The van der Waals surface area contributed by atoms with Crippen LogP contribution < -0.4 is 15.0 Å². The minimum absolute atomic E-state index is 0.0156. The first-order valence-corrected chi connectivity index (χ1v) is 11.4. The molecule has 4 rings (SSSR count). The number of hydrogen-bond acceptors (Lipinski definition) is 5. The van der Waals surface area contributed by atoms with Gasteiger partial charge in [0.2, 0.25) is 0 Å². The highest BCUT2D eigenvalue weighted by Gasteiger charge is 2.40. The highest BCUT2D eigenvalue weighted by Crippen LogP contribution is 2.36. The average Bonchev–Trinajstić information content (AvgIpc) is 3.36. The fourth-order valence-electron chi connectivity index (χ4n) is 3.59. The fourth-order valence-corrected chi connectivity index (χ4v) is 4.35. The number of nitrogens with one attached hydrogen (secondary N) is 1.